The first-order valence-electron chi connectivity index (χ1n) is 5.02. The molecule has 0 aliphatic carbocycles. The number of benzene rings is 1. The summed E-state index contributed by atoms with van der Waals surface area (Å²) in [6, 6.07) is 9.81. The Bertz CT molecular complexity index is 688. The van der Waals surface area contributed by atoms with Gasteiger partial charge in [0.25, 0.3) is 0 Å². The molecule has 0 bridgehead atoms. The zero-order valence-corrected chi connectivity index (χ0v) is 10.9. The number of anilines is 1. The van der Waals surface area contributed by atoms with Gasteiger partial charge < -0.3 is 10.3 Å². The number of pyridine rings is 1. The van der Waals surface area contributed by atoms with Gasteiger partial charge in [-0.1, -0.05) is 23.4 Å². The minimum Gasteiger partial charge on any atom is -0.380 e. The van der Waals surface area contributed by atoms with Crippen molar-refractivity contribution in [1.29, 1.82) is 0 Å². The van der Waals surface area contributed by atoms with Gasteiger partial charge in [-0.2, -0.15) is 0 Å². The number of hydrogen-bond acceptors (Lipinski definition) is 4. The lowest BCUT2D eigenvalue weighted by Crippen LogP contribution is -1.87. The first kappa shape index (κ1) is 10.5. The summed E-state index contributed by atoms with van der Waals surface area (Å²) in [7, 11) is 0. The molecule has 2 N–H and O–H groups in total. The fourth-order valence-corrected chi connectivity index (χ4v) is 2.24. The third-order valence-electron chi connectivity index (χ3n) is 2.55. The van der Waals surface area contributed by atoms with Gasteiger partial charge in [-0.15, -0.1) is 0 Å². The topological polar surface area (TPSA) is 64.9 Å². The van der Waals surface area contributed by atoms with Crippen molar-refractivity contribution in [3.8, 4) is 11.3 Å². The van der Waals surface area contributed by atoms with Crippen LogP contribution in [-0.4, -0.2) is 10.1 Å². The molecule has 0 saturated carbocycles. The minimum absolute atomic E-state index is 0.418. The average molecular weight is 337 g/mol. The van der Waals surface area contributed by atoms with E-state index >= 15 is 0 Å². The minimum atomic E-state index is 0.418. The molecule has 0 saturated heterocycles. The molecule has 84 valence electrons. The van der Waals surface area contributed by atoms with Crippen LogP contribution in [-0.2, 0) is 0 Å². The summed E-state index contributed by atoms with van der Waals surface area (Å²) >= 11 is 2.13. The normalized spacial score (nSPS) is 10.9. The molecule has 1 aromatic carbocycles. The van der Waals surface area contributed by atoms with Crippen molar-refractivity contribution in [3.63, 3.8) is 0 Å². The second kappa shape index (κ2) is 3.99. The van der Waals surface area contributed by atoms with Crippen molar-refractivity contribution < 1.29 is 4.52 Å². The van der Waals surface area contributed by atoms with Crippen molar-refractivity contribution >= 4 is 39.3 Å². The summed E-state index contributed by atoms with van der Waals surface area (Å²) < 4.78 is 6.11. The van der Waals surface area contributed by atoms with Crippen molar-refractivity contribution in [3.05, 3.63) is 40.1 Å². The van der Waals surface area contributed by atoms with Gasteiger partial charge in [0, 0.05) is 17.1 Å². The van der Waals surface area contributed by atoms with Crippen LogP contribution in [0.5, 0.6) is 0 Å². The van der Waals surface area contributed by atoms with Gasteiger partial charge in [-0.3, -0.25) is 4.98 Å². The number of fused-ring (bicyclic) bond motifs is 1. The Morgan fingerprint density at radius 2 is 2.00 bits per heavy atom. The maximum absolute atomic E-state index is 5.69. The fourth-order valence-electron chi connectivity index (χ4n) is 1.75. The summed E-state index contributed by atoms with van der Waals surface area (Å²) in [6.45, 7) is 0. The predicted molar refractivity (Wildman–Crippen MR) is 74.4 cm³/mol. The maximum Gasteiger partial charge on any atom is 0.183 e. The largest absolute Gasteiger partial charge is 0.380 e. The Kier molecular flexibility index (Phi) is 2.47. The molecule has 0 unspecified atom stereocenters. The van der Waals surface area contributed by atoms with E-state index in [0.29, 0.717) is 11.6 Å². The van der Waals surface area contributed by atoms with Gasteiger partial charge in [0.05, 0.1) is 5.52 Å². The number of aromatic nitrogens is 2. The molecule has 4 nitrogen and oxygen atoms in total. The zero-order valence-electron chi connectivity index (χ0n) is 8.72. The van der Waals surface area contributed by atoms with Gasteiger partial charge >= 0.3 is 0 Å². The second-order valence-corrected chi connectivity index (χ2v) is 4.67. The number of halogens is 1. The molecule has 3 rings (SSSR count). The van der Waals surface area contributed by atoms with Crippen LogP contribution in [0.25, 0.3) is 22.2 Å². The summed E-state index contributed by atoms with van der Waals surface area (Å²) in [4.78, 5) is 4.31. The van der Waals surface area contributed by atoms with Gasteiger partial charge in [0.1, 0.15) is 3.57 Å². The molecule has 2 heterocycles. The molecule has 0 aliphatic rings. The Labute approximate surface area is 111 Å². The van der Waals surface area contributed by atoms with Crippen LogP contribution in [0.2, 0.25) is 0 Å². The van der Waals surface area contributed by atoms with Crippen LogP contribution >= 0.6 is 22.6 Å². The number of nitrogens with two attached hydrogens (primary N) is 1. The van der Waals surface area contributed by atoms with E-state index in [1.165, 1.54) is 0 Å². The molecule has 0 fully saturated rings. The van der Waals surface area contributed by atoms with E-state index in [2.05, 4.69) is 32.7 Å². The molecule has 0 aliphatic heterocycles. The van der Waals surface area contributed by atoms with E-state index in [4.69, 9.17) is 10.3 Å². The SMILES string of the molecule is Nc1noc(-c2ccnc3ccccc23)c1I. The molecule has 17 heavy (non-hydrogen) atoms. The summed E-state index contributed by atoms with van der Waals surface area (Å²) in [5.74, 6) is 1.11. The molecule has 0 spiro atoms. The lowest BCUT2D eigenvalue weighted by Gasteiger charge is -2.02. The van der Waals surface area contributed by atoms with Crippen LogP contribution in [0.1, 0.15) is 0 Å². The quantitative estimate of drug-likeness (QED) is 0.693. The lowest BCUT2D eigenvalue weighted by atomic mass is 10.1. The van der Waals surface area contributed by atoms with Gasteiger partial charge in [0.15, 0.2) is 11.6 Å². The Morgan fingerprint density at radius 1 is 1.18 bits per heavy atom. The average Bonchev–Trinajstić information content (AvgIpc) is 2.69. The molecule has 3 aromatic rings. The third-order valence-corrected chi connectivity index (χ3v) is 3.60. The third kappa shape index (κ3) is 1.66. The molecule has 0 amide bonds. The van der Waals surface area contributed by atoms with E-state index in [0.717, 1.165) is 20.0 Å². The van der Waals surface area contributed by atoms with Crippen LogP contribution in [0.3, 0.4) is 0 Å². The van der Waals surface area contributed by atoms with E-state index < -0.39 is 0 Å². The molecular weight excluding hydrogens is 329 g/mol. The lowest BCUT2D eigenvalue weighted by molar-refractivity contribution is 0.435. The van der Waals surface area contributed by atoms with Gasteiger partial charge in [0.2, 0.25) is 0 Å². The van der Waals surface area contributed by atoms with Gasteiger partial charge in [-0.25, -0.2) is 0 Å². The van der Waals surface area contributed by atoms with E-state index in [1.807, 2.05) is 30.3 Å². The van der Waals surface area contributed by atoms with E-state index in [1.54, 1.807) is 6.20 Å². The molecule has 2 aromatic heterocycles. The Hall–Kier alpha value is -1.63. The fraction of sp³-hybridized carbons (Fsp3) is 0. The number of nitrogens with zero attached hydrogens (tertiary/aromatic N) is 2. The molecule has 0 atom stereocenters. The van der Waals surface area contributed by atoms with Crippen molar-refractivity contribution in [2.24, 2.45) is 0 Å². The summed E-state index contributed by atoms with van der Waals surface area (Å²) in [5.41, 5.74) is 7.58. The Morgan fingerprint density at radius 3 is 2.76 bits per heavy atom. The zero-order chi connectivity index (χ0) is 11.8. The monoisotopic (exact) mass is 337 g/mol. The summed E-state index contributed by atoms with van der Waals surface area (Å²) in [6.07, 6.45) is 1.76. The molecule has 0 radical (unpaired) electrons. The number of hydrogen-bond donors (Lipinski definition) is 1. The van der Waals surface area contributed by atoms with E-state index in [9.17, 15) is 0 Å². The van der Waals surface area contributed by atoms with Crippen LogP contribution in [0.4, 0.5) is 5.82 Å². The predicted octanol–water partition coefficient (Wildman–Crippen LogP) is 3.08. The number of nitrogen functional groups attached to an aromatic ring is 1. The standard InChI is InChI=1S/C12H8IN3O/c13-10-11(17-16-12(10)14)8-5-6-15-9-4-2-1-3-7(8)9/h1-6H,(H2,14,16). The Balaban J connectivity index is 2.34. The number of para-hydroxylation sites is 1. The first-order valence-corrected chi connectivity index (χ1v) is 6.10. The van der Waals surface area contributed by atoms with Crippen LogP contribution in [0, 0.1) is 3.57 Å². The van der Waals surface area contributed by atoms with Crippen molar-refractivity contribution in [2.45, 2.75) is 0 Å². The number of rotatable bonds is 1. The highest BCUT2D eigenvalue weighted by Gasteiger charge is 2.15. The first-order chi connectivity index (χ1) is 8.27. The highest BCUT2D eigenvalue weighted by Crippen LogP contribution is 2.33. The van der Waals surface area contributed by atoms with Gasteiger partial charge in [-0.05, 0) is 34.7 Å². The summed E-state index contributed by atoms with van der Waals surface area (Å²) in [5, 5.41) is 4.81. The van der Waals surface area contributed by atoms with Crippen molar-refractivity contribution in [1.82, 2.24) is 10.1 Å². The smallest absolute Gasteiger partial charge is 0.183 e. The molecular formula is C12H8IN3O. The maximum atomic E-state index is 5.69. The second-order valence-electron chi connectivity index (χ2n) is 3.59. The highest BCUT2D eigenvalue weighted by atomic mass is 127. The van der Waals surface area contributed by atoms with E-state index in [-0.39, 0.29) is 0 Å². The van der Waals surface area contributed by atoms with Crippen molar-refractivity contribution in [2.75, 3.05) is 5.73 Å². The van der Waals surface area contributed by atoms with Crippen LogP contribution < -0.4 is 5.73 Å². The highest BCUT2D eigenvalue weighted by molar-refractivity contribution is 14.1. The van der Waals surface area contributed by atoms with Crippen LogP contribution in [0.15, 0.2) is 41.1 Å². The molecule has 5 heteroatoms.